The number of hydrogen-bond donors (Lipinski definition) is 0. The third-order valence-electron chi connectivity index (χ3n) is 6.82. The smallest absolute Gasteiger partial charge is 0.239 e. The van der Waals surface area contributed by atoms with E-state index in [1.54, 1.807) is 11.3 Å². The second-order valence-electron chi connectivity index (χ2n) is 8.74. The fourth-order valence-corrected chi connectivity index (χ4v) is 6.62. The molecule has 2 aliphatic heterocycles. The van der Waals surface area contributed by atoms with Gasteiger partial charge in [0.05, 0.1) is 18.5 Å². The van der Waals surface area contributed by atoms with Crippen LogP contribution in [0, 0.1) is 0 Å². The average Bonchev–Trinajstić information content (AvgIpc) is 3.55. The van der Waals surface area contributed by atoms with Crippen LogP contribution in [-0.2, 0) is 22.4 Å². The molecule has 1 saturated heterocycles. The van der Waals surface area contributed by atoms with Crippen molar-refractivity contribution in [1.29, 1.82) is 0 Å². The van der Waals surface area contributed by atoms with Gasteiger partial charge in [0.25, 0.3) is 0 Å². The zero-order chi connectivity index (χ0) is 22.8. The van der Waals surface area contributed by atoms with Gasteiger partial charge in [-0.2, -0.15) is 0 Å². The van der Waals surface area contributed by atoms with E-state index in [0.717, 1.165) is 17.8 Å². The summed E-state index contributed by atoms with van der Waals surface area (Å²) >= 11 is 3.44. The van der Waals surface area contributed by atoms with Gasteiger partial charge in [0.2, 0.25) is 11.8 Å². The van der Waals surface area contributed by atoms with Crippen molar-refractivity contribution in [1.82, 2.24) is 14.7 Å². The van der Waals surface area contributed by atoms with Gasteiger partial charge in [0.15, 0.2) is 0 Å². The summed E-state index contributed by atoms with van der Waals surface area (Å²) in [6.07, 6.45) is 1.44. The van der Waals surface area contributed by atoms with Crippen LogP contribution in [0.2, 0.25) is 0 Å². The molecule has 0 spiro atoms. The van der Waals surface area contributed by atoms with Gasteiger partial charge in [-0.15, -0.1) is 22.7 Å². The topological polar surface area (TPSA) is 43.9 Å². The van der Waals surface area contributed by atoms with Gasteiger partial charge in [0.1, 0.15) is 0 Å². The lowest BCUT2D eigenvalue weighted by Crippen LogP contribution is -2.56. The molecule has 2 atom stereocenters. The van der Waals surface area contributed by atoms with Crippen LogP contribution in [0.5, 0.6) is 0 Å². The van der Waals surface area contributed by atoms with Crippen LogP contribution in [0.15, 0.2) is 59.3 Å². The Morgan fingerprint density at radius 2 is 1.67 bits per heavy atom. The summed E-state index contributed by atoms with van der Waals surface area (Å²) in [6, 6.07) is 16.6. The normalized spacial score (nSPS) is 19.8. The number of amides is 2. The third kappa shape index (κ3) is 4.63. The van der Waals surface area contributed by atoms with E-state index in [9.17, 15) is 9.59 Å². The third-order valence-corrected chi connectivity index (χ3v) is 8.70. The molecule has 5 nitrogen and oxygen atoms in total. The SMILES string of the molecule is CC(C(=O)N1CCN(C(=O)Cc2cccs2)CC1)N1CCc2sccc2C1c1ccccc1. The Morgan fingerprint density at radius 1 is 0.909 bits per heavy atom. The Hall–Kier alpha value is -2.48. The van der Waals surface area contributed by atoms with Crippen LogP contribution in [-0.4, -0.2) is 65.3 Å². The van der Waals surface area contributed by atoms with Crippen molar-refractivity contribution in [2.24, 2.45) is 0 Å². The van der Waals surface area contributed by atoms with Crippen LogP contribution >= 0.6 is 22.7 Å². The van der Waals surface area contributed by atoms with Crippen LogP contribution in [0.25, 0.3) is 0 Å². The van der Waals surface area contributed by atoms with E-state index < -0.39 is 0 Å². The van der Waals surface area contributed by atoms with Crippen molar-refractivity contribution in [3.8, 4) is 0 Å². The molecule has 0 radical (unpaired) electrons. The molecule has 0 N–H and O–H groups in total. The van der Waals surface area contributed by atoms with Gasteiger partial charge in [-0.25, -0.2) is 0 Å². The number of nitrogens with zero attached hydrogens (tertiary/aromatic N) is 3. The fourth-order valence-electron chi connectivity index (χ4n) is 5.02. The van der Waals surface area contributed by atoms with Crippen molar-refractivity contribution < 1.29 is 9.59 Å². The number of rotatable bonds is 5. The molecule has 1 fully saturated rings. The Morgan fingerprint density at radius 3 is 2.39 bits per heavy atom. The quantitative estimate of drug-likeness (QED) is 0.554. The molecule has 5 rings (SSSR count). The first-order valence-corrected chi connectivity index (χ1v) is 13.3. The van der Waals surface area contributed by atoms with E-state index in [2.05, 4.69) is 40.6 Å². The maximum Gasteiger partial charge on any atom is 0.239 e. The monoisotopic (exact) mass is 479 g/mol. The Labute approximate surface area is 203 Å². The summed E-state index contributed by atoms with van der Waals surface area (Å²) in [5.74, 6) is 0.322. The fraction of sp³-hybridized carbons (Fsp3) is 0.385. The number of fused-ring (bicyclic) bond motifs is 1. The highest BCUT2D eigenvalue weighted by atomic mass is 32.1. The molecule has 0 bridgehead atoms. The maximum atomic E-state index is 13.5. The van der Waals surface area contributed by atoms with Crippen LogP contribution in [0.3, 0.4) is 0 Å². The van der Waals surface area contributed by atoms with E-state index in [1.807, 2.05) is 51.6 Å². The standard InChI is InChI=1S/C26H29N3O2S2/c1-19(26(31)28-14-12-27(13-15-28)24(30)18-21-8-5-16-32-21)29-11-9-23-22(10-17-33-23)25(29)20-6-3-2-4-7-20/h2-8,10,16-17,19,25H,9,11-15,18H2,1H3. The number of carbonyl (C=O) groups is 2. The molecule has 4 heterocycles. The Bertz CT molecular complexity index is 1090. The molecule has 2 aliphatic rings. The van der Waals surface area contributed by atoms with Crippen molar-refractivity contribution >= 4 is 34.5 Å². The summed E-state index contributed by atoms with van der Waals surface area (Å²) in [5, 5.41) is 4.17. The molecule has 1 aromatic carbocycles. The van der Waals surface area contributed by atoms with Gasteiger partial charge in [-0.05, 0) is 47.4 Å². The number of hydrogen-bond acceptors (Lipinski definition) is 5. The van der Waals surface area contributed by atoms with Gasteiger partial charge in [-0.3, -0.25) is 14.5 Å². The van der Waals surface area contributed by atoms with Crippen LogP contribution < -0.4 is 0 Å². The van der Waals surface area contributed by atoms with Crippen LogP contribution in [0.4, 0.5) is 0 Å². The van der Waals surface area contributed by atoms with Gasteiger partial charge in [0, 0.05) is 42.5 Å². The highest BCUT2D eigenvalue weighted by Crippen LogP contribution is 2.39. The Balaban J connectivity index is 1.26. The molecule has 0 aliphatic carbocycles. The summed E-state index contributed by atoms with van der Waals surface area (Å²) in [6.45, 7) is 5.35. The summed E-state index contributed by atoms with van der Waals surface area (Å²) in [7, 11) is 0. The summed E-state index contributed by atoms with van der Waals surface area (Å²) in [5.41, 5.74) is 2.57. The first kappa shape index (κ1) is 22.3. The second-order valence-corrected chi connectivity index (χ2v) is 10.8. The molecular weight excluding hydrogens is 450 g/mol. The van der Waals surface area contributed by atoms with E-state index >= 15 is 0 Å². The van der Waals surface area contributed by atoms with Crippen molar-refractivity contribution in [2.45, 2.75) is 31.8 Å². The first-order chi connectivity index (χ1) is 16.1. The van der Waals surface area contributed by atoms with Crippen LogP contribution in [0.1, 0.15) is 33.8 Å². The molecule has 2 unspecified atom stereocenters. The molecule has 0 saturated carbocycles. The van der Waals surface area contributed by atoms with E-state index in [0.29, 0.717) is 32.6 Å². The lowest BCUT2D eigenvalue weighted by molar-refractivity contribution is -0.143. The van der Waals surface area contributed by atoms with Crippen molar-refractivity contribution in [3.63, 3.8) is 0 Å². The predicted octanol–water partition coefficient (Wildman–Crippen LogP) is 4.06. The van der Waals surface area contributed by atoms with Gasteiger partial charge in [-0.1, -0.05) is 36.4 Å². The van der Waals surface area contributed by atoms with Crippen molar-refractivity contribution in [3.05, 3.63) is 80.2 Å². The second kappa shape index (κ2) is 9.79. The molecule has 33 heavy (non-hydrogen) atoms. The number of thiophene rings is 2. The minimum Gasteiger partial charge on any atom is -0.339 e. The summed E-state index contributed by atoms with van der Waals surface area (Å²) < 4.78 is 0. The van der Waals surface area contributed by atoms with Gasteiger partial charge < -0.3 is 9.80 Å². The van der Waals surface area contributed by atoms with E-state index in [-0.39, 0.29) is 23.9 Å². The molecule has 7 heteroatoms. The van der Waals surface area contributed by atoms with E-state index in [1.165, 1.54) is 16.0 Å². The summed E-state index contributed by atoms with van der Waals surface area (Å²) in [4.78, 5) is 34.9. The average molecular weight is 480 g/mol. The zero-order valence-electron chi connectivity index (χ0n) is 18.9. The first-order valence-electron chi connectivity index (χ1n) is 11.6. The lowest BCUT2D eigenvalue weighted by Gasteiger charge is -2.42. The zero-order valence-corrected chi connectivity index (χ0v) is 20.5. The van der Waals surface area contributed by atoms with Crippen molar-refractivity contribution in [2.75, 3.05) is 32.7 Å². The highest BCUT2D eigenvalue weighted by molar-refractivity contribution is 7.10. The minimum absolute atomic E-state index is 0.105. The molecular formula is C26H29N3O2S2. The predicted molar refractivity (Wildman–Crippen MR) is 134 cm³/mol. The number of carbonyl (C=O) groups excluding carboxylic acids is 2. The number of piperazine rings is 1. The van der Waals surface area contributed by atoms with Gasteiger partial charge >= 0.3 is 0 Å². The number of benzene rings is 1. The molecule has 2 aromatic heterocycles. The van der Waals surface area contributed by atoms with E-state index in [4.69, 9.17) is 0 Å². The lowest BCUT2D eigenvalue weighted by atomic mass is 9.92. The molecule has 3 aromatic rings. The largest absolute Gasteiger partial charge is 0.339 e. The highest BCUT2D eigenvalue weighted by Gasteiger charge is 2.37. The maximum absolute atomic E-state index is 13.5. The minimum atomic E-state index is -0.211. The molecule has 172 valence electrons. The Kier molecular flexibility index (Phi) is 6.62. The molecule has 2 amide bonds.